The van der Waals surface area contributed by atoms with Gasteiger partial charge in [0.25, 0.3) is 0 Å². The minimum Gasteiger partial charge on any atom is -0.383 e. The van der Waals surface area contributed by atoms with Crippen molar-refractivity contribution < 1.29 is 0 Å². The van der Waals surface area contributed by atoms with Gasteiger partial charge in [-0.05, 0) is 12.1 Å². The number of hydrogen-bond acceptors (Lipinski definition) is 3. The summed E-state index contributed by atoms with van der Waals surface area (Å²) in [6, 6.07) is 7.98. The molecule has 16 heavy (non-hydrogen) atoms. The predicted molar refractivity (Wildman–Crippen MR) is 67.8 cm³/mol. The molecule has 86 valence electrons. The molecule has 0 radical (unpaired) electrons. The van der Waals surface area contributed by atoms with E-state index in [2.05, 4.69) is 30.6 Å². The molecule has 1 aromatic rings. The summed E-state index contributed by atoms with van der Waals surface area (Å²) >= 11 is 5.91. The Hall–Kier alpha value is -1.24. The van der Waals surface area contributed by atoms with Crippen LogP contribution in [0.15, 0.2) is 18.2 Å². The monoisotopic (exact) mass is 237 g/mol. The SMILES string of the molecule is CC(C)NCCNc1cccc(Cl)c1C#N. The third-order valence-electron chi connectivity index (χ3n) is 2.12. The molecule has 0 spiro atoms. The van der Waals surface area contributed by atoms with E-state index in [0.29, 0.717) is 16.6 Å². The predicted octanol–water partition coefficient (Wildman–Crippen LogP) is 2.62. The van der Waals surface area contributed by atoms with E-state index in [9.17, 15) is 0 Å². The van der Waals surface area contributed by atoms with Crippen LogP contribution in [0.25, 0.3) is 0 Å². The zero-order valence-corrected chi connectivity index (χ0v) is 10.3. The Morgan fingerprint density at radius 2 is 2.12 bits per heavy atom. The van der Waals surface area contributed by atoms with Crippen molar-refractivity contribution in [1.29, 1.82) is 5.26 Å². The summed E-state index contributed by atoms with van der Waals surface area (Å²) in [7, 11) is 0. The summed E-state index contributed by atoms with van der Waals surface area (Å²) in [5.41, 5.74) is 1.30. The van der Waals surface area contributed by atoms with Crippen molar-refractivity contribution in [2.75, 3.05) is 18.4 Å². The van der Waals surface area contributed by atoms with Gasteiger partial charge in [-0.2, -0.15) is 5.26 Å². The fourth-order valence-electron chi connectivity index (χ4n) is 1.34. The second-order valence-corrected chi connectivity index (χ2v) is 4.22. The molecule has 1 rings (SSSR count). The number of halogens is 1. The lowest BCUT2D eigenvalue weighted by molar-refractivity contribution is 0.602. The Balaban J connectivity index is 2.54. The zero-order valence-electron chi connectivity index (χ0n) is 9.55. The third kappa shape index (κ3) is 3.73. The summed E-state index contributed by atoms with van der Waals surface area (Å²) in [4.78, 5) is 0. The van der Waals surface area contributed by atoms with E-state index in [-0.39, 0.29) is 0 Å². The number of nitrogens with zero attached hydrogens (tertiary/aromatic N) is 1. The van der Waals surface area contributed by atoms with Gasteiger partial charge in [-0.3, -0.25) is 0 Å². The van der Waals surface area contributed by atoms with Crippen LogP contribution in [0.4, 0.5) is 5.69 Å². The standard InChI is InChI=1S/C12H16ClN3/c1-9(2)15-6-7-16-12-5-3-4-11(13)10(12)8-14/h3-5,9,15-16H,6-7H2,1-2H3. The van der Waals surface area contributed by atoms with E-state index >= 15 is 0 Å². The Labute approximate surface area is 101 Å². The minimum absolute atomic E-state index is 0.469. The molecular formula is C12H16ClN3. The molecule has 0 atom stereocenters. The number of hydrogen-bond donors (Lipinski definition) is 2. The molecule has 0 unspecified atom stereocenters. The first-order valence-electron chi connectivity index (χ1n) is 5.31. The summed E-state index contributed by atoms with van der Waals surface area (Å²) < 4.78 is 0. The summed E-state index contributed by atoms with van der Waals surface area (Å²) in [5.74, 6) is 0. The van der Waals surface area contributed by atoms with Gasteiger partial charge >= 0.3 is 0 Å². The van der Waals surface area contributed by atoms with Crippen molar-refractivity contribution in [2.45, 2.75) is 19.9 Å². The van der Waals surface area contributed by atoms with Crippen LogP contribution in [0, 0.1) is 11.3 Å². The number of benzene rings is 1. The van der Waals surface area contributed by atoms with Gasteiger partial charge < -0.3 is 10.6 Å². The van der Waals surface area contributed by atoms with E-state index < -0.39 is 0 Å². The number of nitriles is 1. The van der Waals surface area contributed by atoms with Crippen molar-refractivity contribution in [3.05, 3.63) is 28.8 Å². The first kappa shape index (κ1) is 12.8. The van der Waals surface area contributed by atoms with Crippen LogP contribution in [0.5, 0.6) is 0 Å². The van der Waals surface area contributed by atoms with Gasteiger partial charge in [0, 0.05) is 19.1 Å². The molecule has 0 aliphatic carbocycles. The topological polar surface area (TPSA) is 47.8 Å². The molecule has 0 amide bonds. The van der Waals surface area contributed by atoms with Crippen LogP contribution < -0.4 is 10.6 Å². The lowest BCUT2D eigenvalue weighted by Gasteiger charge is -2.11. The normalized spacial score (nSPS) is 10.2. The highest BCUT2D eigenvalue weighted by atomic mass is 35.5. The quantitative estimate of drug-likeness (QED) is 0.774. The van der Waals surface area contributed by atoms with Crippen LogP contribution in [0.3, 0.4) is 0 Å². The van der Waals surface area contributed by atoms with Crippen molar-refractivity contribution in [2.24, 2.45) is 0 Å². The largest absolute Gasteiger partial charge is 0.383 e. The Kier molecular flexibility index (Phi) is 5.10. The van der Waals surface area contributed by atoms with Gasteiger partial charge in [0.2, 0.25) is 0 Å². The molecule has 0 heterocycles. The number of anilines is 1. The van der Waals surface area contributed by atoms with Crippen LogP contribution >= 0.6 is 11.6 Å². The minimum atomic E-state index is 0.469. The van der Waals surface area contributed by atoms with Crippen molar-refractivity contribution in [3.8, 4) is 6.07 Å². The van der Waals surface area contributed by atoms with E-state index in [0.717, 1.165) is 18.8 Å². The van der Waals surface area contributed by atoms with Gasteiger partial charge in [0.15, 0.2) is 0 Å². The van der Waals surface area contributed by atoms with E-state index in [1.807, 2.05) is 12.1 Å². The third-order valence-corrected chi connectivity index (χ3v) is 2.43. The molecule has 0 aliphatic heterocycles. The second kappa shape index (κ2) is 6.37. The number of rotatable bonds is 5. The molecule has 0 aromatic heterocycles. The van der Waals surface area contributed by atoms with Crippen LogP contribution in [-0.2, 0) is 0 Å². The molecule has 3 nitrogen and oxygen atoms in total. The van der Waals surface area contributed by atoms with E-state index in [1.54, 1.807) is 6.07 Å². The van der Waals surface area contributed by atoms with E-state index in [1.165, 1.54) is 0 Å². The highest BCUT2D eigenvalue weighted by molar-refractivity contribution is 6.32. The average Bonchev–Trinajstić information content (AvgIpc) is 2.24. The lowest BCUT2D eigenvalue weighted by Crippen LogP contribution is -2.28. The molecule has 0 aliphatic rings. The highest BCUT2D eigenvalue weighted by Crippen LogP contribution is 2.22. The van der Waals surface area contributed by atoms with Crippen LogP contribution in [-0.4, -0.2) is 19.1 Å². The molecule has 0 fully saturated rings. The van der Waals surface area contributed by atoms with Gasteiger partial charge in [0.05, 0.1) is 16.3 Å². The summed E-state index contributed by atoms with van der Waals surface area (Å²) in [6.07, 6.45) is 0. The first-order valence-corrected chi connectivity index (χ1v) is 5.69. The summed E-state index contributed by atoms with van der Waals surface area (Å²) in [5, 5.41) is 15.9. The van der Waals surface area contributed by atoms with Gasteiger partial charge in [-0.1, -0.05) is 31.5 Å². The fraction of sp³-hybridized carbons (Fsp3) is 0.417. The lowest BCUT2D eigenvalue weighted by atomic mass is 10.2. The maximum Gasteiger partial charge on any atom is 0.103 e. The Bertz CT molecular complexity index is 382. The van der Waals surface area contributed by atoms with Crippen molar-refractivity contribution >= 4 is 17.3 Å². The van der Waals surface area contributed by atoms with Crippen LogP contribution in [0.1, 0.15) is 19.4 Å². The smallest absolute Gasteiger partial charge is 0.103 e. The first-order chi connectivity index (χ1) is 7.65. The summed E-state index contributed by atoms with van der Waals surface area (Å²) in [6.45, 7) is 5.82. The fourth-order valence-corrected chi connectivity index (χ4v) is 1.56. The maximum absolute atomic E-state index is 8.95. The molecular weight excluding hydrogens is 222 g/mol. The van der Waals surface area contributed by atoms with Crippen molar-refractivity contribution in [1.82, 2.24) is 5.32 Å². The second-order valence-electron chi connectivity index (χ2n) is 3.81. The molecule has 0 saturated heterocycles. The Morgan fingerprint density at radius 3 is 2.75 bits per heavy atom. The van der Waals surface area contributed by atoms with E-state index in [4.69, 9.17) is 16.9 Å². The van der Waals surface area contributed by atoms with Gasteiger partial charge in [0.1, 0.15) is 6.07 Å². The molecule has 1 aromatic carbocycles. The van der Waals surface area contributed by atoms with Crippen molar-refractivity contribution in [3.63, 3.8) is 0 Å². The molecule has 2 N–H and O–H groups in total. The molecule has 0 saturated carbocycles. The zero-order chi connectivity index (χ0) is 12.0. The highest BCUT2D eigenvalue weighted by Gasteiger charge is 2.04. The van der Waals surface area contributed by atoms with Crippen LogP contribution in [0.2, 0.25) is 5.02 Å². The molecule has 0 bridgehead atoms. The van der Waals surface area contributed by atoms with Gasteiger partial charge in [-0.25, -0.2) is 0 Å². The average molecular weight is 238 g/mol. The Morgan fingerprint density at radius 1 is 1.38 bits per heavy atom. The molecule has 4 heteroatoms. The van der Waals surface area contributed by atoms with Gasteiger partial charge in [-0.15, -0.1) is 0 Å². The number of nitrogens with one attached hydrogen (secondary N) is 2. The maximum atomic E-state index is 8.95.